The summed E-state index contributed by atoms with van der Waals surface area (Å²) in [4.78, 5) is 35.8. The third-order valence-corrected chi connectivity index (χ3v) is 4.25. The number of aryl methyl sites for hydroxylation is 2. The number of fused-ring (bicyclic) bond motifs is 1. The standard InChI is InChI=1S/C18H19N3O4/c22-15(19-17(18(24)25)12-6-2-1-3-7-12)11-21-16(23)10-13-8-4-5-9-14(13)20-21/h1-3,6-7,10,17H,4-5,8-9,11H2,(H,19,22)(H,24,25)/t17-/m1/s1. The van der Waals surface area contributed by atoms with Crippen molar-refractivity contribution in [2.24, 2.45) is 0 Å². The fourth-order valence-corrected chi connectivity index (χ4v) is 2.99. The minimum Gasteiger partial charge on any atom is -0.479 e. The first-order valence-electron chi connectivity index (χ1n) is 8.21. The summed E-state index contributed by atoms with van der Waals surface area (Å²) in [6.07, 6.45) is 3.67. The first-order valence-corrected chi connectivity index (χ1v) is 8.21. The predicted octanol–water partition coefficient (Wildman–Crippen LogP) is 1.06. The number of aliphatic carboxylic acids is 1. The Bertz CT molecular complexity index is 845. The zero-order valence-electron chi connectivity index (χ0n) is 13.6. The van der Waals surface area contributed by atoms with Crippen LogP contribution < -0.4 is 10.9 Å². The second-order valence-electron chi connectivity index (χ2n) is 6.07. The number of carbonyl (C=O) groups excluding carboxylic acids is 1. The van der Waals surface area contributed by atoms with E-state index in [0.29, 0.717) is 5.56 Å². The maximum absolute atomic E-state index is 12.2. The molecule has 2 aromatic rings. The van der Waals surface area contributed by atoms with Gasteiger partial charge in [0.25, 0.3) is 5.56 Å². The van der Waals surface area contributed by atoms with Gasteiger partial charge in [0.15, 0.2) is 6.04 Å². The van der Waals surface area contributed by atoms with E-state index in [-0.39, 0.29) is 12.1 Å². The Kier molecular flexibility index (Phi) is 4.92. The number of carboxylic acid groups (broad SMARTS) is 1. The van der Waals surface area contributed by atoms with Gasteiger partial charge in [-0.25, -0.2) is 9.48 Å². The minimum atomic E-state index is -1.16. The van der Waals surface area contributed by atoms with Crippen molar-refractivity contribution >= 4 is 11.9 Å². The maximum atomic E-state index is 12.2. The van der Waals surface area contributed by atoms with Crippen molar-refractivity contribution in [1.82, 2.24) is 15.1 Å². The van der Waals surface area contributed by atoms with Crippen LogP contribution in [0.2, 0.25) is 0 Å². The Morgan fingerprint density at radius 1 is 1.20 bits per heavy atom. The molecule has 0 bridgehead atoms. The Hall–Kier alpha value is -2.96. The van der Waals surface area contributed by atoms with Gasteiger partial charge in [0.05, 0.1) is 5.69 Å². The van der Waals surface area contributed by atoms with Crippen molar-refractivity contribution in [2.75, 3.05) is 0 Å². The van der Waals surface area contributed by atoms with Crippen LogP contribution in [0.15, 0.2) is 41.2 Å². The smallest absolute Gasteiger partial charge is 0.330 e. The maximum Gasteiger partial charge on any atom is 0.330 e. The summed E-state index contributed by atoms with van der Waals surface area (Å²) in [5.74, 6) is -1.73. The summed E-state index contributed by atoms with van der Waals surface area (Å²) in [6, 6.07) is 8.79. The van der Waals surface area contributed by atoms with Crippen molar-refractivity contribution in [3.8, 4) is 0 Å². The summed E-state index contributed by atoms with van der Waals surface area (Å²) >= 11 is 0. The average Bonchev–Trinajstić information content (AvgIpc) is 2.61. The first kappa shape index (κ1) is 16.9. The van der Waals surface area contributed by atoms with Crippen LogP contribution in [0.4, 0.5) is 0 Å². The van der Waals surface area contributed by atoms with Gasteiger partial charge < -0.3 is 10.4 Å². The fourth-order valence-electron chi connectivity index (χ4n) is 2.99. The molecule has 1 atom stereocenters. The molecule has 1 heterocycles. The highest BCUT2D eigenvalue weighted by molar-refractivity contribution is 5.84. The van der Waals surface area contributed by atoms with Gasteiger partial charge in [-0.15, -0.1) is 0 Å². The molecular weight excluding hydrogens is 322 g/mol. The van der Waals surface area contributed by atoms with Gasteiger partial charge in [-0.1, -0.05) is 30.3 Å². The highest BCUT2D eigenvalue weighted by atomic mass is 16.4. The van der Waals surface area contributed by atoms with Crippen LogP contribution in [0.25, 0.3) is 0 Å². The molecule has 25 heavy (non-hydrogen) atoms. The molecule has 2 N–H and O–H groups in total. The third-order valence-electron chi connectivity index (χ3n) is 4.25. The largest absolute Gasteiger partial charge is 0.479 e. The van der Waals surface area contributed by atoms with Gasteiger partial charge >= 0.3 is 5.97 Å². The van der Waals surface area contributed by atoms with E-state index in [1.54, 1.807) is 30.3 Å². The number of aromatic nitrogens is 2. The van der Waals surface area contributed by atoms with Crippen molar-refractivity contribution in [3.05, 3.63) is 63.6 Å². The van der Waals surface area contributed by atoms with E-state index in [1.165, 1.54) is 6.07 Å². The lowest BCUT2D eigenvalue weighted by Crippen LogP contribution is -2.39. The van der Waals surface area contributed by atoms with Crippen LogP contribution in [-0.4, -0.2) is 26.8 Å². The monoisotopic (exact) mass is 341 g/mol. The number of hydrogen-bond acceptors (Lipinski definition) is 4. The van der Waals surface area contributed by atoms with Crippen LogP contribution in [0.1, 0.15) is 35.7 Å². The molecule has 0 saturated heterocycles. The van der Waals surface area contributed by atoms with E-state index in [9.17, 15) is 19.5 Å². The third kappa shape index (κ3) is 3.93. The Balaban J connectivity index is 1.76. The Labute approximate surface area is 144 Å². The highest BCUT2D eigenvalue weighted by Gasteiger charge is 2.22. The molecule has 0 saturated carbocycles. The zero-order valence-corrected chi connectivity index (χ0v) is 13.6. The lowest BCUT2D eigenvalue weighted by Gasteiger charge is -2.17. The normalized spacial score (nSPS) is 14.4. The van der Waals surface area contributed by atoms with Crippen LogP contribution in [-0.2, 0) is 29.0 Å². The summed E-state index contributed by atoms with van der Waals surface area (Å²) in [7, 11) is 0. The fraction of sp³-hybridized carbons (Fsp3) is 0.333. The SMILES string of the molecule is O=C(Cn1nc2c(cc1=O)CCCC2)N[C@@H](C(=O)O)c1ccccc1. The van der Waals surface area contributed by atoms with E-state index < -0.39 is 17.9 Å². The van der Waals surface area contributed by atoms with Gasteiger partial charge in [0, 0.05) is 6.07 Å². The quantitative estimate of drug-likeness (QED) is 0.847. The number of amides is 1. The number of carbonyl (C=O) groups is 2. The molecule has 0 unspecified atom stereocenters. The summed E-state index contributed by atoms with van der Waals surface area (Å²) in [5.41, 5.74) is 1.91. The molecule has 7 heteroatoms. The molecule has 0 spiro atoms. The van der Waals surface area contributed by atoms with E-state index in [1.807, 2.05) is 0 Å². The molecule has 0 radical (unpaired) electrons. The van der Waals surface area contributed by atoms with Crippen molar-refractivity contribution in [2.45, 2.75) is 38.3 Å². The molecule has 1 aromatic heterocycles. The van der Waals surface area contributed by atoms with Crippen LogP contribution in [0, 0.1) is 0 Å². The minimum absolute atomic E-state index is 0.303. The van der Waals surface area contributed by atoms with Crippen LogP contribution in [0.5, 0.6) is 0 Å². The Morgan fingerprint density at radius 2 is 1.92 bits per heavy atom. The van der Waals surface area contributed by atoms with E-state index in [0.717, 1.165) is 41.6 Å². The Morgan fingerprint density at radius 3 is 2.64 bits per heavy atom. The number of hydrogen-bond donors (Lipinski definition) is 2. The van der Waals surface area contributed by atoms with E-state index >= 15 is 0 Å². The van der Waals surface area contributed by atoms with Crippen molar-refractivity contribution in [3.63, 3.8) is 0 Å². The lowest BCUT2D eigenvalue weighted by molar-refractivity contribution is -0.142. The first-order chi connectivity index (χ1) is 12.0. The van der Waals surface area contributed by atoms with Gasteiger partial charge in [-0.3, -0.25) is 9.59 Å². The van der Waals surface area contributed by atoms with Gasteiger partial charge in [-0.05, 0) is 36.8 Å². The number of benzene rings is 1. The van der Waals surface area contributed by atoms with Gasteiger partial charge in [0.1, 0.15) is 6.54 Å². The topological polar surface area (TPSA) is 101 Å². The second-order valence-corrected chi connectivity index (χ2v) is 6.07. The lowest BCUT2D eigenvalue weighted by atomic mass is 9.97. The number of nitrogens with zero attached hydrogens (tertiary/aromatic N) is 2. The van der Waals surface area contributed by atoms with Crippen LogP contribution >= 0.6 is 0 Å². The molecule has 1 aliphatic carbocycles. The molecule has 0 fully saturated rings. The van der Waals surface area contributed by atoms with Crippen molar-refractivity contribution < 1.29 is 14.7 Å². The molecule has 130 valence electrons. The predicted molar refractivity (Wildman–Crippen MR) is 90.1 cm³/mol. The molecule has 1 aromatic carbocycles. The van der Waals surface area contributed by atoms with Crippen LogP contribution in [0.3, 0.4) is 0 Å². The number of carboxylic acids is 1. The number of nitrogens with one attached hydrogen (secondary N) is 1. The molecule has 3 rings (SSSR count). The van der Waals surface area contributed by atoms with E-state index in [4.69, 9.17) is 0 Å². The number of rotatable bonds is 5. The molecular formula is C18H19N3O4. The van der Waals surface area contributed by atoms with Gasteiger partial charge in [0.2, 0.25) is 5.91 Å². The van der Waals surface area contributed by atoms with E-state index in [2.05, 4.69) is 10.4 Å². The zero-order chi connectivity index (χ0) is 17.8. The molecule has 7 nitrogen and oxygen atoms in total. The summed E-state index contributed by atoms with van der Waals surface area (Å²) < 4.78 is 1.10. The second kappa shape index (κ2) is 7.29. The molecule has 0 aliphatic heterocycles. The molecule has 1 aliphatic rings. The summed E-state index contributed by atoms with van der Waals surface area (Å²) in [6.45, 7) is -0.303. The summed E-state index contributed by atoms with van der Waals surface area (Å²) in [5, 5.41) is 16.1. The average molecular weight is 341 g/mol. The highest BCUT2D eigenvalue weighted by Crippen LogP contribution is 2.17. The molecule has 1 amide bonds. The van der Waals surface area contributed by atoms with Crippen molar-refractivity contribution in [1.29, 1.82) is 0 Å². The van der Waals surface area contributed by atoms with Gasteiger partial charge in [-0.2, -0.15) is 5.10 Å².